The van der Waals surface area contributed by atoms with Crippen molar-refractivity contribution in [2.45, 2.75) is 24.8 Å². The number of anilines is 2. The minimum absolute atomic E-state index is 0.0973. The van der Waals surface area contributed by atoms with Gasteiger partial charge in [-0.3, -0.25) is 19.2 Å². The first kappa shape index (κ1) is 18.0. The number of rotatable bonds is 3. The predicted molar refractivity (Wildman–Crippen MR) is 117 cm³/mol. The molecule has 1 amide bonds. The van der Waals surface area contributed by atoms with Crippen LogP contribution in [-0.4, -0.2) is 25.9 Å². The Kier molecular flexibility index (Phi) is 3.56. The molecule has 3 heterocycles. The highest BCUT2D eigenvalue weighted by Gasteiger charge is 2.60. The van der Waals surface area contributed by atoms with Gasteiger partial charge in [0.2, 0.25) is 5.91 Å². The number of hydrogen-bond donors (Lipinski definition) is 2. The van der Waals surface area contributed by atoms with Gasteiger partial charge in [-0.1, -0.05) is 24.3 Å². The summed E-state index contributed by atoms with van der Waals surface area (Å²) in [6, 6.07) is 13.5. The van der Waals surface area contributed by atoms with Crippen molar-refractivity contribution >= 4 is 28.2 Å². The lowest BCUT2D eigenvalue weighted by Gasteiger charge is -2.20. The molecule has 154 valence electrons. The van der Waals surface area contributed by atoms with E-state index in [2.05, 4.69) is 21.4 Å². The largest absolute Gasteiger partial charge is 0.325 e. The number of aromatic nitrogens is 4. The minimum Gasteiger partial charge on any atom is -0.325 e. The Bertz CT molecular complexity index is 1450. The standard InChI is InChI=1S/C23H20N6O2/c1-28-21(29-19-5-3-2-4-17(19)23(8-9-23)22(29)31)16(12-25-28)13-6-7-14-15(10-13)18(11-24)26-27-20(14)30/h2-7,10,12H,8-9,11,24H2,1H3,(H,27,30). The first-order valence-electron chi connectivity index (χ1n) is 10.2. The summed E-state index contributed by atoms with van der Waals surface area (Å²) in [4.78, 5) is 27.6. The maximum Gasteiger partial charge on any atom is 0.272 e. The Labute approximate surface area is 177 Å². The molecule has 1 aliphatic heterocycles. The number of fused-ring (bicyclic) bond motifs is 3. The molecule has 31 heavy (non-hydrogen) atoms. The number of nitrogens with zero attached hydrogens (tertiary/aromatic N) is 4. The van der Waals surface area contributed by atoms with Crippen molar-refractivity contribution < 1.29 is 4.79 Å². The summed E-state index contributed by atoms with van der Waals surface area (Å²) in [7, 11) is 1.84. The molecule has 0 saturated heterocycles. The molecular weight excluding hydrogens is 392 g/mol. The number of H-pyrrole nitrogens is 1. The molecule has 0 radical (unpaired) electrons. The van der Waals surface area contributed by atoms with E-state index >= 15 is 0 Å². The number of aryl methyl sites for hydroxylation is 1. The van der Waals surface area contributed by atoms with Crippen molar-refractivity contribution in [1.82, 2.24) is 20.0 Å². The zero-order chi connectivity index (χ0) is 21.3. The average Bonchev–Trinajstić information content (AvgIpc) is 3.46. The second-order valence-electron chi connectivity index (χ2n) is 8.21. The molecule has 3 N–H and O–H groups in total. The summed E-state index contributed by atoms with van der Waals surface area (Å²) >= 11 is 0. The zero-order valence-corrected chi connectivity index (χ0v) is 16.9. The smallest absolute Gasteiger partial charge is 0.272 e. The molecule has 2 aliphatic rings. The van der Waals surface area contributed by atoms with Gasteiger partial charge < -0.3 is 5.73 Å². The van der Waals surface area contributed by atoms with Crippen LogP contribution < -0.4 is 16.2 Å². The second-order valence-corrected chi connectivity index (χ2v) is 8.21. The van der Waals surface area contributed by atoms with E-state index in [1.807, 2.05) is 37.4 Å². The van der Waals surface area contributed by atoms with Crippen LogP contribution in [0.15, 0.2) is 53.5 Å². The highest BCUT2D eigenvalue weighted by atomic mass is 16.2. The van der Waals surface area contributed by atoms with E-state index < -0.39 is 5.41 Å². The summed E-state index contributed by atoms with van der Waals surface area (Å²) < 4.78 is 1.73. The maximum absolute atomic E-state index is 13.6. The number of aromatic amines is 1. The highest BCUT2D eigenvalue weighted by Crippen LogP contribution is 2.59. The summed E-state index contributed by atoms with van der Waals surface area (Å²) in [5.74, 6) is 0.813. The number of amides is 1. The van der Waals surface area contributed by atoms with Crippen molar-refractivity contribution in [2.75, 3.05) is 4.90 Å². The third-order valence-electron chi connectivity index (χ3n) is 6.51. The Morgan fingerprint density at radius 2 is 1.94 bits per heavy atom. The highest BCUT2D eigenvalue weighted by molar-refractivity contribution is 6.15. The number of benzene rings is 2. The number of nitrogens with two attached hydrogens (primary N) is 1. The van der Waals surface area contributed by atoms with Gasteiger partial charge in [0.05, 0.1) is 28.4 Å². The molecule has 2 aromatic heterocycles. The van der Waals surface area contributed by atoms with Gasteiger partial charge >= 0.3 is 0 Å². The van der Waals surface area contributed by atoms with Crippen LogP contribution in [0.5, 0.6) is 0 Å². The fourth-order valence-corrected chi connectivity index (χ4v) is 4.77. The Balaban J connectivity index is 1.57. The molecule has 8 heteroatoms. The van der Waals surface area contributed by atoms with Gasteiger partial charge in [0, 0.05) is 24.5 Å². The van der Waals surface area contributed by atoms with E-state index in [1.165, 1.54) is 0 Å². The first-order chi connectivity index (χ1) is 15.0. The van der Waals surface area contributed by atoms with Crippen LogP contribution in [0.3, 0.4) is 0 Å². The SMILES string of the molecule is Cn1ncc(-c2ccc3c(=O)[nH]nc(CN)c3c2)c1N1C(=O)C2(CC2)c2ccccc21. The van der Waals surface area contributed by atoms with Crippen molar-refractivity contribution in [2.24, 2.45) is 12.8 Å². The summed E-state index contributed by atoms with van der Waals surface area (Å²) in [5, 5.41) is 12.3. The van der Waals surface area contributed by atoms with Gasteiger partial charge in [-0.15, -0.1) is 0 Å². The number of para-hydroxylation sites is 1. The Morgan fingerprint density at radius 1 is 1.13 bits per heavy atom. The van der Waals surface area contributed by atoms with Gasteiger partial charge in [-0.2, -0.15) is 10.2 Å². The average molecular weight is 412 g/mol. The number of nitrogens with one attached hydrogen (secondary N) is 1. The van der Waals surface area contributed by atoms with Crippen LogP contribution in [0.25, 0.3) is 21.9 Å². The van der Waals surface area contributed by atoms with Crippen molar-refractivity contribution in [3.63, 3.8) is 0 Å². The van der Waals surface area contributed by atoms with E-state index in [0.717, 1.165) is 35.2 Å². The minimum atomic E-state index is -0.397. The van der Waals surface area contributed by atoms with E-state index in [-0.39, 0.29) is 18.0 Å². The quantitative estimate of drug-likeness (QED) is 0.537. The monoisotopic (exact) mass is 412 g/mol. The second kappa shape index (κ2) is 6.12. The third-order valence-corrected chi connectivity index (χ3v) is 6.51. The molecule has 4 aromatic rings. The van der Waals surface area contributed by atoms with Gasteiger partial charge in [-0.05, 0) is 42.2 Å². The van der Waals surface area contributed by atoms with Crippen LogP contribution in [0, 0.1) is 0 Å². The Morgan fingerprint density at radius 3 is 2.71 bits per heavy atom. The lowest BCUT2D eigenvalue weighted by Crippen LogP contribution is -2.29. The van der Waals surface area contributed by atoms with E-state index in [9.17, 15) is 9.59 Å². The summed E-state index contributed by atoms with van der Waals surface area (Å²) in [6.45, 7) is 0.205. The van der Waals surface area contributed by atoms with Gasteiger partial charge in [0.15, 0.2) is 0 Å². The molecule has 1 saturated carbocycles. The van der Waals surface area contributed by atoms with E-state index in [1.54, 1.807) is 21.8 Å². The van der Waals surface area contributed by atoms with Crippen molar-refractivity contribution in [3.05, 3.63) is 70.3 Å². The molecule has 2 aromatic carbocycles. The maximum atomic E-state index is 13.6. The van der Waals surface area contributed by atoms with Crippen LogP contribution in [-0.2, 0) is 23.8 Å². The van der Waals surface area contributed by atoms with Gasteiger partial charge in [-0.25, -0.2) is 5.10 Å². The molecule has 1 fully saturated rings. The Hall–Kier alpha value is -3.78. The van der Waals surface area contributed by atoms with Crippen molar-refractivity contribution in [3.8, 4) is 11.1 Å². The summed E-state index contributed by atoms with van der Waals surface area (Å²) in [6.07, 6.45) is 3.50. The molecule has 0 unspecified atom stereocenters. The molecule has 0 atom stereocenters. The molecule has 0 bridgehead atoms. The zero-order valence-electron chi connectivity index (χ0n) is 16.9. The fourth-order valence-electron chi connectivity index (χ4n) is 4.77. The van der Waals surface area contributed by atoms with E-state index in [4.69, 9.17) is 5.73 Å². The molecule has 8 nitrogen and oxygen atoms in total. The fraction of sp³-hybridized carbons (Fsp3) is 0.217. The molecule has 6 rings (SSSR count). The van der Waals surface area contributed by atoms with Crippen LogP contribution >= 0.6 is 0 Å². The number of hydrogen-bond acceptors (Lipinski definition) is 5. The van der Waals surface area contributed by atoms with Gasteiger partial charge in [0.25, 0.3) is 5.56 Å². The lowest BCUT2D eigenvalue weighted by molar-refractivity contribution is -0.119. The van der Waals surface area contributed by atoms with Crippen LogP contribution in [0.2, 0.25) is 0 Å². The summed E-state index contributed by atoms with van der Waals surface area (Å²) in [5.41, 5.74) is 9.46. The van der Waals surface area contributed by atoms with Crippen LogP contribution in [0.4, 0.5) is 11.5 Å². The first-order valence-corrected chi connectivity index (χ1v) is 10.2. The predicted octanol–water partition coefficient (Wildman–Crippen LogP) is 2.49. The number of carbonyl (C=O) groups is 1. The van der Waals surface area contributed by atoms with E-state index in [0.29, 0.717) is 22.3 Å². The van der Waals surface area contributed by atoms with Crippen molar-refractivity contribution in [1.29, 1.82) is 0 Å². The lowest BCUT2D eigenvalue weighted by atomic mass is 9.98. The topological polar surface area (TPSA) is 110 Å². The number of carbonyl (C=O) groups excluding carboxylic acids is 1. The molecule has 1 aliphatic carbocycles. The van der Waals surface area contributed by atoms with Gasteiger partial charge in [0.1, 0.15) is 5.82 Å². The molecule has 1 spiro atoms. The normalized spacial score (nSPS) is 16.3. The molecular formula is C23H20N6O2. The van der Waals surface area contributed by atoms with Crippen LogP contribution in [0.1, 0.15) is 24.1 Å². The third kappa shape index (κ3) is 2.33.